The topological polar surface area (TPSA) is 95.9 Å². The first-order valence-corrected chi connectivity index (χ1v) is 8.95. The summed E-state index contributed by atoms with van der Waals surface area (Å²) in [4.78, 5) is 11.5. The summed E-state index contributed by atoms with van der Waals surface area (Å²) in [7, 11) is -3.60. The first kappa shape index (κ1) is 15.2. The quantitative estimate of drug-likeness (QED) is 0.754. The summed E-state index contributed by atoms with van der Waals surface area (Å²) in [5.74, 6) is -0.522. The standard InChI is InChI=1S/C13H22N2O5S/c16-12(17)13(4-1-5-20-9-13)8-14-21(18,19)15-7-10-2-3-11(15)6-10/h10-11,14H,1-9H2,(H,16,17). The number of carboxylic acids is 1. The van der Waals surface area contributed by atoms with Gasteiger partial charge in [-0.2, -0.15) is 12.7 Å². The van der Waals surface area contributed by atoms with E-state index in [2.05, 4.69) is 4.72 Å². The number of rotatable bonds is 5. The highest BCUT2D eigenvalue weighted by molar-refractivity contribution is 7.87. The number of nitrogens with one attached hydrogen (secondary N) is 1. The van der Waals surface area contributed by atoms with Crippen molar-refractivity contribution in [2.75, 3.05) is 26.3 Å². The van der Waals surface area contributed by atoms with E-state index in [1.807, 2.05) is 0 Å². The highest BCUT2D eigenvalue weighted by Gasteiger charge is 2.46. The van der Waals surface area contributed by atoms with Crippen molar-refractivity contribution in [3.05, 3.63) is 0 Å². The lowest BCUT2D eigenvalue weighted by molar-refractivity contribution is -0.156. The Bertz CT molecular complexity index is 515. The minimum atomic E-state index is -3.60. The summed E-state index contributed by atoms with van der Waals surface area (Å²) in [5, 5.41) is 9.43. The van der Waals surface area contributed by atoms with Gasteiger partial charge in [-0.05, 0) is 38.0 Å². The molecule has 3 fully saturated rings. The van der Waals surface area contributed by atoms with E-state index in [1.165, 1.54) is 4.31 Å². The fourth-order valence-electron chi connectivity index (χ4n) is 3.72. The molecule has 2 bridgehead atoms. The number of ether oxygens (including phenoxy) is 1. The van der Waals surface area contributed by atoms with E-state index >= 15 is 0 Å². The summed E-state index contributed by atoms with van der Waals surface area (Å²) in [6.45, 7) is 1.07. The molecule has 21 heavy (non-hydrogen) atoms. The second kappa shape index (κ2) is 5.49. The molecule has 0 radical (unpaired) electrons. The van der Waals surface area contributed by atoms with Gasteiger partial charge in [-0.25, -0.2) is 4.72 Å². The zero-order valence-corrected chi connectivity index (χ0v) is 12.8. The number of piperidine rings is 1. The third-order valence-electron chi connectivity index (χ3n) is 5.04. The SMILES string of the molecule is O=C(O)C1(CNS(=O)(=O)N2CC3CCC2C3)CCCOC1. The molecule has 3 atom stereocenters. The largest absolute Gasteiger partial charge is 0.481 e. The van der Waals surface area contributed by atoms with Gasteiger partial charge in [-0.3, -0.25) is 4.79 Å². The van der Waals surface area contributed by atoms with E-state index in [1.54, 1.807) is 0 Å². The van der Waals surface area contributed by atoms with Gasteiger partial charge in [0.2, 0.25) is 0 Å². The van der Waals surface area contributed by atoms with Crippen LogP contribution in [-0.2, 0) is 19.7 Å². The van der Waals surface area contributed by atoms with Crippen LogP contribution in [0.25, 0.3) is 0 Å². The van der Waals surface area contributed by atoms with Crippen molar-refractivity contribution in [1.82, 2.24) is 9.03 Å². The van der Waals surface area contributed by atoms with E-state index in [-0.39, 0.29) is 19.2 Å². The van der Waals surface area contributed by atoms with Crippen LogP contribution >= 0.6 is 0 Å². The smallest absolute Gasteiger partial charge is 0.313 e. The van der Waals surface area contributed by atoms with Crippen LogP contribution in [0, 0.1) is 11.3 Å². The number of carbonyl (C=O) groups is 1. The van der Waals surface area contributed by atoms with Crippen molar-refractivity contribution in [1.29, 1.82) is 0 Å². The van der Waals surface area contributed by atoms with Crippen LogP contribution in [-0.4, -0.2) is 56.1 Å². The van der Waals surface area contributed by atoms with Crippen LogP contribution < -0.4 is 4.72 Å². The second-order valence-electron chi connectivity index (χ2n) is 6.47. The number of fused-ring (bicyclic) bond motifs is 2. The van der Waals surface area contributed by atoms with E-state index in [9.17, 15) is 18.3 Å². The fraction of sp³-hybridized carbons (Fsp3) is 0.923. The lowest BCUT2D eigenvalue weighted by Gasteiger charge is -2.34. The highest BCUT2D eigenvalue weighted by atomic mass is 32.2. The molecule has 120 valence electrons. The molecule has 2 heterocycles. The van der Waals surface area contributed by atoms with Crippen LogP contribution in [0.3, 0.4) is 0 Å². The third-order valence-corrected chi connectivity index (χ3v) is 6.61. The molecule has 3 unspecified atom stereocenters. The summed E-state index contributed by atoms with van der Waals surface area (Å²) in [5.41, 5.74) is -1.13. The van der Waals surface area contributed by atoms with E-state index in [0.29, 0.717) is 31.9 Å². The number of carboxylic acid groups (broad SMARTS) is 1. The van der Waals surface area contributed by atoms with Crippen molar-refractivity contribution in [3.63, 3.8) is 0 Å². The average molecular weight is 318 g/mol. The Kier molecular flexibility index (Phi) is 3.98. The number of aliphatic carboxylic acids is 1. The highest BCUT2D eigenvalue weighted by Crippen LogP contribution is 2.38. The van der Waals surface area contributed by atoms with Gasteiger partial charge in [0, 0.05) is 25.7 Å². The van der Waals surface area contributed by atoms with Gasteiger partial charge in [0.05, 0.1) is 6.61 Å². The summed E-state index contributed by atoms with van der Waals surface area (Å²) < 4.78 is 34.1. The lowest BCUT2D eigenvalue weighted by Crippen LogP contribution is -2.52. The molecule has 0 spiro atoms. The van der Waals surface area contributed by atoms with Crippen molar-refractivity contribution >= 4 is 16.2 Å². The first-order valence-electron chi connectivity index (χ1n) is 7.50. The maximum Gasteiger partial charge on any atom is 0.313 e. The zero-order valence-electron chi connectivity index (χ0n) is 12.0. The molecule has 3 aliphatic rings. The Morgan fingerprint density at radius 1 is 1.43 bits per heavy atom. The molecular weight excluding hydrogens is 296 g/mol. The molecular formula is C13H22N2O5S. The minimum Gasteiger partial charge on any atom is -0.481 e. The van der Waals surface area contributed by atoms with Gasteiger partial charge in [-0.1, -0.05) is 0 Å². The normalized spacial score (nSPS) is 37.0. The number of hydrogen-bond donors (Lipinski definition) is 2. The van der Waals surface area contributed by atoms with Gasteiger partial charge in [0.1, 0.15) is 5.41 Å². The Labute approximate surface area is 124 Å². The Morgan fingerprint density at radius 3 is 2.76 bits per heavy atom. The molecule has 7 nitrogen and oxygen atoms in total. The molecule has 0 amide bonds. The van der Waals surface area contributed by atoms with Crippen LogP contribution in [0.2, 0.25) is 0 Å². The third kappa shape index (κ3) is 2.81. The van der Waals surface area contributed by atoms with Gasteiger partial charge < -0.3 is 9.84 Å². The minimum absolute atomic E-state index is 0.0664. The number of hydrogen-bond acceptors (Lipinski definition) is 4. The molecule has 0 aromatic heterocycles. The van der Waals surface area contributed by atoms with Crippen molar-refractivity contribution in [2.24, 2.45) is 11.3 Å². The van der Waals surface area contributed by atoms with E-state index in [4.69, 9.17) is 4.74 Å². The predicted molar refractivity (Wildman–Crippen MR) is 74.9 cm³/mol. The van der Waals surface area contributed by atoms with Crippen LogP contribution in [0.15, 0.2) is 0 Å². The molecule has 0 aromatic carbocycles. The molecule has 2 aliphatic heterocycles. The van der Waals surface area contributed by atoms with Gasteiger partial charge in [0.25, 0.3) is 10.2 Å². The Morgan fingerprint density at radius 2 is 2.24 bits per heavy atom. The first-order chi connectivity index (χ1) is 9.93. The summed E-state index contributed by atoms with van der Waals surface area (Å²) >= 11 is 0. The molecule has 3 rings (SSSR count). The maximum absolute atomic E-state index is 12.4. The monoisotopic (exact) mass is 318 g/mol. The van der Waals surface area contributed by atoms with Crippen LogP contribution in [0.5, 0.6) is 0 Å². The average Bonchev–Trinajstić information content (AvgIpc) is 3.09. The Hall–Kier alpha value is -0.700. The van der Waals surface area contributed by atoms with Gasteiger partial charge >= 0.3 is 5.97 Å². The van der Waals surface area contributed by atoms with E-state index < -0.39 is 21.6 Å². The van der Waals surface area contributed by atoms with E-state index in [0.717, 1.165) is 19.3 Å². The van der Waals surface area contributed by atoms with Crippen molar-refractivity contribution in [3.8, 4) is 0 Å². The predicted octanol–water partition coefficient (Wildman–Crippen LogP) is 0.187. The Balaban J connectivity index is 1.66. The number of nitrogens with zero attached hydrogens (tertiary/aromatic N) is 1. The van der Waals surface area contributed by atoms with Crippen LogP contribution in [0.4, 0.5) is 0 Å². The summed E-state index contributed by atoms with van der Waals surface area (Å²) in [6.07, 6.45) is 4.04. The maximum atomic E-state index is 12.4. The van der Waals surface area contributed by atoms with Gasteiger partial charge in [-0.15, -0.1) is 0 Å². The molecule has 0 aromatic rings. The lowest BCUT2D eigenvalue weighted by atomic mass is 9.83. The van der Waals surface area contributed by atoms with Crippen molar-refractivity contribution in [2.45, 2.75) is 38.1 Å². The second-order valence-corrected chi connectivity index (χ2v) is 8.18. The molecule has 2 saturated heterocycles. The summed E-state index contributed by atoms with van der Waals surface area (Å²) in [6, 6.07) is 0.0934. The fourth-order valence-corrected chi connectivity index (χ4v) is 5.34. The molecule has 1 saturated carbocycles. The van der Waals surface area contributed by atoms with Crippen LogP contribution in [0.1, 0.15) is 32.1 Å². The molecule has 2 N–H and O–H groups in total. The van der Waals surface area contributed by atoms with Crippen molar-refractivity contribution < 1.29 is 23.1 Å². The molecule has 1 aliphatic carbocycles. The zero-order chi connectivity index (χ0) is 15.1. The molecule has 8 heteroatoms. The van der Waals surface area contributed by atoms with Gasteiger partial charge in [0.15, 0.2) is 0 Å².